The number of carbonyl (C=O) groups excluding carboxylic acids is 1. The molecule has 0 radical (unpaired) electrons. The molecule has 0 aliphatic rings. The smallest absolute Gasteiger partial charge is 0.330 e. The van der Waals surface area contributed by atoms with E-state index in [4.69, 9.17) is 5.26 Å². The molecule has 0 saturated carbocycles. The predicted octanol–water partition coefficient (Wildman–Crippen LogP) is 1.65. The summed E-state index contributed by atoms with van der Waals surface area (Å²) in [5, 5.41) is 19.3. The second kappa shape index (κ2) is 5.42. The zero-order chi connectivity index (χ0) is 12.8. The highest BCUT2D eigenvalue weighted by Crippen LogP contribution is 2.20. The topological polar surface area (TPSA) is 93.2 Å². The van der Waals surface area contributed by atoms with Gasteiger partial charge in [0, 0.05) is 12.1 Å². The van der Waals surface area contributed by atoms with Gasteiger partial charge in [-0.25, -0.2) is 4.79 Å². The molecule has 1 aromatic carbocycles. The van der Waals surface area contributed by atoms with Crippen molar-refractivity contribution >= 4 is 17.7 Å². The van der Waals surface area contributed by atoms with E-state index in [2.05, 4.69) is 4.74 Å². The second-order valence-electron chi connectivity index (χ2n) is 3.00. The summed E-state index contributed by atoms with van der Waals surface area (Å²) in [5.41, 5.74) is 0.130. The minimum atomic E-state index is -0.645. The van der Waals surface area contributed by atoms with E-state index in [1.54, 1.807) is 6.07 Å². The van der Waals surface area contributed by atoms with E-state index in [1.165, 1.54) is 31.4 Å². The third-order valence-electron chi connectivity index (χ3n) is 1.95. The maximum atomic E-state index is 10.8. The van der Waals surface area contributed by atoms with Gasteiger partial charge in [0.1, 0.15) is 11.6 Å². The van der Waals surface area contributed by atoms with Crippen LogP contribution in [-0.2, 0) is 9.53 Å². The number of rotatable bonds is 3. The number of hydrogen-bond donors (Lipinski definition) is 0. The fraction of sp³-hybridized carbons (Fsp3) is 0.0909. The van der Waals surface area contributed by atoms with Gasteiger partial charge >= 0.3 is 5.97 Å². The number of esters is 1. The van der Waals surface area contributed by atoms with Crippen molar-refractivity contribution in [2.45, 2.75) is 0 Å². The van der Waals surface area contributed by atoms with Gasteiger partial charge < -0.3 is 4.74 Å². The molecular weight excluding hydrogens is 224 g/mol. The Hall–Kier alpha value is -2.68. The van der Waals surface area contributed by atoms with Gasteiger partial charge in [0.15, 0.2) is 0 Å². The molecule has 0 spiro atoms. The maximum Gasteiger partial charge on any atom is 0.330 e. The van der Waals surface area contributed by atoms with Crippen molar-refractivity contribution in [1.29, 1.82) is 5.26 Å². The van der Waals surface area contributed by atoms with Crippen LogP contribution in [0.25, 0.3) is 6.08 Å². The highest BCUT2D eigenvalue weighted by atomic mass is 16.6. The first-order chi connectivity index (χ1) is 8.08. The standard InChI is InChI=1S/C11H8N2O4/c1-17-11(14)5-3-8-2-4-9(7-12)10(6-8)13(15)16/h2-6H,1H3. The van der Waals surface area contributed by atoms with Crippen LogP contribution < -0.4 is 0 Å². The molecule has 6 heteroatoms. The lowest BCUT2D eigenvalue weighted by Gasteiger charge is -1.97. The summed E-state index contributed by atoms with van der Waals surface area (Å²) in [5.74, 6) is -0.558. The number of carbonyl (C=O) groups is 1. The molecule has 0 amide bonds. The number of nitro benzene ring substituents is 1. The molecule has 1 rings (SSSR count). The first-order valence-electron chi connectivity index (χ1n) is 4.53. The zero-order valence-electron chi connectivity index (χ0n) is 8.91. The van der Waals surface area contributed by atoms with Gasteiger partial charge in [-0.1, -0.05) is 6.07 Å². The summed E-state index contributed by atoms with van der Waals surface area (Å²) < 4.78 is 4.38. The second-order valence-corrected chi connectivity index (χ2v) is 3.00. The molecule has 0 bridgehead atoms. The van der Waals surface area contributed by atoms with Crippen LogP contribution in [0.3, 0.4) is 0 Å². The van der Waals surface area contributed by atoms with Crippen LogP contribution in [0, 0.1) is 21.4 Å². The fourth-order valence-corrected chi connectivity index (χ4v) is 1.13. The number of nitro groups is 1. The number of methoxy groups -OCH3 is 1. The van der Waals surface area contributed by atoms with Crippen LogP contribution in [0.4, 0.5) is 5.69 Å². The molecule has 0 saturated heterocycles. The molecule has 0 aliphatic carbocycles. The summed E-state index contributed by atoms with van der Waals surface area (Å²) in [7, 11) is 1.23. The van der Waals surface area contributed by atoms with Gasteiger partial charge in [-0.2, -0.15) is 5.26 Å². The Kier molecular flexibility index (Phi) is 3.95. The monoisotopic (exact) mass is 232 g/mol. The fourth-order valence-electron chi connectivity index (χ4n) is 1.13. The van der Waals surface area contributed by atoms with E-state index >= 15 is 0 Å². The number of ether oxygens (including phenoxy) is 1. The quantitative estimate of drug-likeness (QED) is 0.342. The number of nitriles is 1. The van der Waals surface area contributed by atoms with E-state index in [1.807, 2.05) is 0 Å². The molecule has 0 heterocycles. The molecule has 0 atom stereocenters. The molecule has 17 heavy (non-hydrogen) atoms. The van der Waals surface area contributed by atoms with Gasteiger partial charge in [0.2, 0.25) is 0 Å². The molecular formula is C11H8N2O4. The van der Waals surface area contributed by atoms with Crippen molar-refractivity contribution in [3.63, 3.8) is 0 Å². The summed E-state index contributed by atoms with van der Waals surface area (Å²) >= 11 is 0. The Morgan fingerprint density at radius 3 is 2.82 bits per heavy atom. The van der Waals surface area contributed by atoms with Gasteiger partial charge in [0.25, 0.3) is 5.69 Å². The van der Waals surface area contributed by atoms with Gasteiger partial charge in [0.05, 0.1) is 12.0 Å². The number of nitrogens with zero attached hydrogens (tertiary/aromatic N) is 2. The molecule has 0 unspecified atom stereocenters. The van der Waals surface area contributed by atoms with Gasteiger partial charge in [-0.15, -0.1) is 0 Å². The Morgan fingerprint density at radius 2 is 2.29 bits per heavy atom. The Labute approximate surface area is 96.9 Å². The van der Waals surface area contributed by atoms with Crippen LogP contribution in [-0.4, -0.2) is 18.0 Å². The number of hydrogen-bond acceptors (Lipinski definition) is 5. The summed E-state index contributed by atoms with van der Waals surface area (Å²) in [6.45, 7) is 0. The van der Waals surface area contributed by atoms with E-state index < -0.39 is 10.9 Å². The molecule has 86 valence electrons. The zero-order valence-corrected chi connectivity index (χ0v) is 8.91. The molecule has 0 aliphatic heterocycles. The maximum absolute atomic E-state index is 10.8. The van der Waals surface area contributed by atoms with E-state index in [0.717, 1.165) is 6.08 Å². The number of benzene rings is 1. The van der Waals surface area contributed by atoms with Gasteiger partial charge in [-0.05, 0) is 17.7 Å². The van der Waals surface area contributed by atoms with Crippen LogP contribution in [0.15, 0.2) is 24.3 Å². The minimum Gasteiger partial charge on any atom is -0.466 e. The molecule has 0 N–H and O–H groups in total. The van der Waals surface area contributed by atoms with Crippen molar-refractivity contribution in [1.82, 2.24) is 0 Å². The normalized spacial score (nSPS) is 9.88. The minimum absolute atomic E-state index is 0.0229. The third kappa shape index (κ3) is 3.14. The summed E-state index contributed by atoms with van der Waals surface area (Å²) in [6, 6.07) is 5.78. The van der Waals surface area contributed by atoms with Crippen molar-refractivity contribution in [3.8, 4) is 6.07 Å². The lowest BCUT2D eigenvalue weighted by Crippen LogP contribution is -1.94. The molecule has 0 aromatic heterocycles. The van der Waals surface area contributed by atoms with Crippen LogP contribution >= 0.6 is 0 Å². The van der Waals surface area contributed by atoms with Crippen LogP contribution in [0.1, 0.15) is 11.1 Å². The first-order valence-corrected chi connectivity index (χ1v) is 4.53. The Morgan fingerprint density at radius 1 is 1.59 bits per heavy atom. The van der Waals surface area contributed by atoms with Crippen LogP contribution in [0.2, 0.25) is 0 Å². The SMILES string of the molecule is COC(=O)C=Cc1ccc(C#N)c([N+](=O)[O-])c1. The lowest BCUT2D eigenvalue weighted by atomic mass is 10.1. The first kappa shape index (κ1) is 12.4. The van der Waals surface area contributed by atoms with Crippen molar-refractivity contribution in [3.05, 3.63) is 45.5 Å². The van der Waals surface area contributed by atoms with E-state index in [-0.39, 0.29) is 11.3 Å². The van der Waals surface area contributed by atoms with E-state index in [0.29, 0.717) is 5.56 Å². The average molecular weight is 232 g/mol. The molecule has 1 aromatic rings. The highest BCUT2D eigenvalue weighted by Gasteiger charge is 2.13. The molecule has 6 nitrogen and oxygen atoms in total. The third-order valence-corrected chi connectivity index (χ3v) is 1.95. The Bertz CT molecular complexity index is 529. The van der Waals surface area contributed by atoms with Crippen molar-refractivity contribution in [2.24, 2.45) is 0 Å². The van der Waals surface area contributed by atoms with Gasteiger partial charge in [-0.3, -0.25) is 10.1 Å². The predicted molar refractivity (Wildman–Crippen MR) is 58.9 cm³/mol. The summed E-state index contributed by atoms with van der Waals surface area (Å²) in [4.78, 5) is 20.9. The average Bonchev–Trinajstić information content (AvgIpc) is 2.35. The summed E-state index contributed by atoms with van der Waals surface area (Å²) in [6.07, 6.45) is 2.52. The van der Waals surface area contributed by atoms with Crippen molar-refractivity contribution in [2.75, 3.05) is 7.11 Å². The molecule has 0 fully saturated rings. The largest absolute Gasteiger partial charge is 0.466 e. The van der Waals surface area contributed by atoms with E-state index in [9.17, 15) is 14.9 Å². The van der Waals surface area contributed by atoms with Crippen molar-refractivity contribution < 1.29 is 14.5 Å². The lowest BCUT2D eigenvalue weighted by molar-refractivity contribution is -0.385. The Balaban J connectivity index is 3.10. The highest BCUT2D eigenvalue weighted by molar-refractivity contribution is 5.87. The van der Waals surface area contributed by atoms with Crippen LogP contribution in [0.5, 0.6) is 0 Å².